The van der Waals surface area contributed by atoms with Crippen LogP contribution in [0.5, 0.6) is 0 Å². The molecule has 2 heteroatoms. The molecule has 1 N–H and O–H groups in total. The molecule has 0 aromatic heterocycles. The summed E-state index contributed by atoms with van der Waals surface area (Å²) >= 11 is 2.05. The minimum atomic E-state index is 0.672. The van der Waals surface area contributed by atoms with Gasteiger partial charge in [-0.2, -0.15) is 11.8 Å². The summed E-state index contributed by atoms with van der Waals surface area (Å²) in [7, 11) is 0. The number of rotatable bonds is 4. The van der Waals surface area contributed by atoms with Crippen molar-refractivity contribution in [2.24, 2.45) is 5.92 Å². The Kier molecular flexibility index (Phi) is 5.32. The second-order valence-electron chi connectivity index (χ2n) is 4.91. The molecule has 0 amide bonds. The number of thioether (sulfide) groups is 1. The maximum absolute atomic E-state index is 3.75. The van der Waals surface area contributed by atoms with E-state index >= 15 is 0 Å². The van der Waals surface area contributed by atoms with Gasteiger partial charge in [0, 0.05) is 17.3 Å². The number of hydrogen-bond acceptors (Lipinski definition) is 2. The molecule has 1 nitrogen and oxygen atoms in total. The summed E-state index contributed by atoms with van der Waals surface area (Å²) in [6.07, 6.45) is 7.81. The average Bonchev–Trinajstić information content (AvgIpc) is 2.19. The van der Waals surface area contributed by atoms with Crippen LogP contribution in [0.4, 0.5) is 0 Å². The smallest absolute Gasteiger partial charge is 0.00704 e. The molecule has 1 saturated carbocycles. The molecule has 14 heavy (non-hydrogen) atoms. The Bertz CT molecular complexity index is 150. The SMILES string of the molecule is CSC1CCC(NC(C)C(C)C)CC1. The molecule has 0 spiro atoms. The van der Waals surface area contributed by atoms with E-state index in [4.69, 9.17) is 0 Å². The number of hydrogen-bond donors (Lipinski definition) is 1. The fraction of sp³-hybridized carbons (Fsp3) is 1.00. The van der Waals surface area contributed by atoms with Gasteiger partial charge < -0.3 is 5.32 Å². The topological polar surface area (TPSA) is 12.0 Å². The van der Waals surface area contributed by atoms with E-state index in [1.165, 1.54) is 25.7 Å². The van der Waals surface area contributed by atoms with Gasteiger partial charge in [-0.3, -0.25) is 0 Å². The summed E-state index contributed by atoms with van der Waals surface area (Å²) in [6.45, 7) is 6.90. The predicted octanol–water partition coefficient (Wildman–Crippen LogP) is 3.29. The van der Waals surface area contributed by atoms with Gasteiger partial charge in [-0.1, -0.05) is 13.8 Å². The van der Waals surface area contributed by atoms with Crippen molar-refractivity contribution in [3.8, 4) is 0 Å². The van der Waals surface area contributed by atoms with Gasteiger partial charge >= 0.3 is 0 Å². The fourth-order valence-electron chi connectivity index (χ4n) is 2.03. The van der Waals surface area contributed by atoms with Crippen LogP contribution in [0.15, 0.2) is 0 Å². The van der Waals surface area contributed by atoms with Crippen molar-refractivity contribution in [1.29, 1.82) is 0 Å². The second kappa shape index (κ2) is 6.02. The average molecular weight is 215 g/mol. The van der Waals surface area contributed by atoms with Crippen LogP contribution < -0.4 is 5.32 Å². The zero-order chi connectivity index (χ0) is 10.6. The lowest BCUT2D eigenvalue weighted by atomic mass is 9.93. The van der Waals surface area contributed by atoms with Crippen molar-refractivity contribution in [2.45, 2.75) is 63.8 Å². The molecule has 0 aromatic carbocycles. The van der Waals surface area contributed by atoms with Crippen LogP contribution in [0.25, 0.3) is 0 Å². The van der Waals surface area contributed by atoms with E-state index in [0.29, 0.717) is 6.04 Å². The Morgan fingerprint density at radius 3 is 2.07 bits per heavy atom. The highest BCUT2D eigenvalue weighted by Gasteiger charge is 2.21. The van der Waals surface area contributed by atoms with Gasteiger partial charge in [0.15, 0.2) is 0 Å². The normalized spacial score (nSPS) is 30.6. The highest BCUT2D eigenvalue weighted by molar-refractivity contribution is 7.99. The first kappa shape index (κ1) is 12.4. The van der Waals surface area contributed by atoms with Gasteiger partial charge in [0.2, 0.25) is 0 Å². The molecule has 1 fully saturated rings. The molecule has 0 aliphatic heterocycles. The third-order valence-corrected chi connectivity index (χ3v) is 4.64. The minimum absolute atomic E-state index is 0.672. The quantitative estimate of drug-likeness (QED) is 0.772. The highest BCUT2D eigenvalue weighted by Crippen LogP contribution is 2.27. The summed E-state index contributed by atoms with van der Waals surface area (Å²) in [5, 5.41) is 4.69. The Hall–Kier alpha value is 0.310. The Morgan fingerprint density at radius 2 is 1.64 bits per heavy atom. The standard InChI is InChI=1S/C12H25NS/c1-9(2)10(3)13-11-5-7-12(14-4)8-6-11/h9-13H,5-8H2,1-4H3. The lowest BCUT2D eigenvalue weighted by Gasteiger charge is -2.31. The monoisotopic (exact) mass is 215 g/mol. The fourth-order valence-corrected chi connectivity index (χ4v) is 2.77. The third kappa shape index (κ3) is 3.82. The first-order chi connectivity index (χ1) is 6.63. The van der Waals surface area contributed by atoms with E-state index in [0.717, 1.165) is 17.2 Å². The van der Waals surface area contributed by atoms with Crippen molar-refractivity contribution < 1.29 is 0 Å². The number of nitrogens with one attached hydrogen (secondary N) is 1. The molecule has 0 saturated heterocycles. The van der Waals surface area contributed by atoms with Gasteiger partial charge in [0.25, 0.3) is 0 Å². The van der Waals surface area contributed by atoms with Crippen LogP contribution in [-0.2, 0) is 0 Å². The van der Waals surface area contributed by atoms with Crippen molar-refractivity contribution >= 4 is 11.8 Å². The first-order valence-electron chi connectivity index (χ1n) is 5.92. The molecular weight excluding hydrogens is 190 g/mol. The summed E-state index contributed by atoms with van der Waals surface area (Å²) in [6, 6.07) is 1.46. The van der Waals surface area contributed by atoms with Crippen molar-refractivity contribution in [2.75, 3.05) is 6.26 Å². The van der Waals surface area contributed by atoms with Crippen LogP contribution in [-0.4, -0.2) is 23.6 Å². The van der Waals surface area contributed by atoms with Crippen molar-refractivity contribution in [1.82, 2.24) is 5.32 Å². The Balaban J connectivity index is 2.22. The minimum Gasteiger partial charge on any atom is -0.311 e. The van der Waals surface area contributed by atoms with Crippen molar-refractivity contribution in [3.05, 3.63) is 0 Å². The van der Waals surface area contributed by atoms with Crippen LogP contribution in [0.1, 0.15) is 46.5 Å². The van der Waals surface area contributed by atoms with E-state index in [2.05, 4.69) is 32.3 Å². The molecule has 0 aromatic rings. The van der Waals surface area contributed by atoms with E-state index in [1.54, 1.807) is 0 Å². The van der Waals surface area contributed by atoms with Gasteiger partial charge in [-0.25, -0.2) is 0 Å². The predicted molar refractivity (Wildman–Crippen MR) is 67.0 cm³/mol. The zero-order valence-corrected chi connectivity index (χ0v) is 10.9. The van der Waals surface area contributed by atoms with Crippen molar-refractivity contribution in [3.63, 3.8) is 0 Å². The maximum Gasteiger partial charge on any atom is 0.00704 e. The van der Waals surface area contributed by atoms with Crippen LogP contribution in [0.3, 0.4) is 0 Å². The molecule has 0 heterocycles. The van der Waals surface area contributed by atoms with Gasteiger partial charge in [0.05, 0.1) is 0 Å². The lowest BCUT2D eigenvalue weighted by Crippen LogP contribution is -2.41. The van der Waals surface area contributed by atoms with E-state index in [9.17, 15) is 0 Å². The van der Waals surface area contributed by atoms with Crippen LogP contribution in [0, 0.1) is 5.92 Å². The summed E-state index contributed by atoms with van der Waals surface area (Å²) in [5.74, 6) is 0.758. The van der Waals surface area contributed by atoms with Gasteiger partial charge in [-0.05, 0) is 44.8 Å². The summed E-state index contributed by atoms with van der Waals surface area (Å²) < 4.78 is 0. The Morgan fingerprint density at radius 1 is 1.07 bits per heavy atom. The largest absolute Gasteiger partial charge is 0.311 e. The molecule has 1 rings (SSSR count). The van der Waals surface area contributed by atoms with E-state index in [-0.39, 0.29) is 0 Å². The first-order valence-corrected chi connectivity index (χ1v) is 7.21. The third-order valence-electron chi connectivity index (χ3n) is 3.51. The lowest BCUT2D eigenvalue weighted by molar-refractivity contribution is 0.313. The molecule has 0 bridgehead atoms. The molecule has 84 valence electrons. The second-order valence-corrected chi connectivity index (χ2v) is 6.05. The van der Waals surface area contributed by atoms with E-state index < -0.39 is 0 Å². The van der Waals surface area contributed by atoms with Gasteiger partial charge in [0.1, 0.15) is 0 Å². The summed E-state index contributed by atoms with van der Waals surface area (Å²) in [4.78, 5) is 0. The molecule has 0 radical (unpaired) electrons. The van der Waals surface area contributed by atoms with Crippen LogP contribution in [0.2, 0.25) is 0 Å². The summed E-state index contributed by atoms with van der Waals surface area (Å²) in [5.41, 5.74) is 0. The van der Waals surface area contributed by atoms with E-state index in [1.807, 2.05) is 11.8 Å². The molecule has 1 aliphatic rings. The van der Waals surface area contributed by atoms with Gasteiger partial charge in [-0.15, -0.1) is 0 Å². The van der Waals surface area contributed by atoms with Crippen LogP contribution >= 0.6 is 11.8 Å². The molecule has 1 atom stereocenters. The molecule has 1 unspecified atom stereocenters. The maximum atomic E-state index is 3.75. The molecule has 1 aliphatic carbocycles. The zero-order valence-electron chi connectivity index (χ0n) is 10.0. The highest BCUT2D eigenvalue weighted by atomic mass is 32.2. The molecular formula is C12H25NS. The Labute approximate surface area is 93.4 Å².